The van der Waals surface area contributed by atoms with Crippen molar-refractivity contribution in [1.82, 2.24) is 26.6 Å². The summed E-state index contributed by atoms with van der Waals surface area (Å²) in [4.78, 5) is 85.6. The van der Waals surface area contributed by atoms with Gasteiger partial charge in [-0.3, -0.25) is 19.2 Å². The Labute approximate surface area is 280 Å². The lowest BCUT2D eigenvalue weighted by molar-refractivity contribution is -0.131. The summed E-state index contributed by atoms with van der Waals surface area (Å²) in [5.74, 6) is -3.24. The Kier molecular flexibility index (Phi) is 17.2. The largest absolute Gasteiger partial charge is 0.483 e. The maximum Gasteiger partial charge on any atom is 0.407 e. The zero-order valence-electron chi connectivity index (χ0n) is 28.6. The fraction of sp³-hybridized carbons (Fsp3) is 0.581. The fourth-order valence-electron chi connectivity index (χ4n) is 4.04. The molecule has 0 saturated heterocycles. The van der Waals surface area contributed by atoms with Gasteiger partial charge in [-0.1, -0.05) is 13.8 Å². The summed E-state index contributed by atoms with van der Waals surface area (Å²) in [5.41, 5.74) is 4.64. The number of primary amides is 1. The number of methoxy groups -OCH3 is 1. The Bertz CT molecular complexity index is 1300. The van der Waals surface area contributed by atoms with Crippen molar-refractivity contribution in [2.24, 2.45) is 11.7 Å². The fourth-order valence-corrected chi connectivity index (χ4v) is 4.04. The topological polar surface area (TPSA) is 245 Å². The number of nitrogens with one attached hydrogen (secondary N) is 6. The average Bonchev–Trinajstić information content (AvgIpc) is 2.98. The van der Waals surface area contributed by atoms with Crippen molar-refractivity contribution in [2.45, 2.75) is 78.5 Å². The highest BCUT2D eigenvalue weighted by atomic mass is 16.6. The van der Waals surface area contributed by atoms with Gasteiger partial charge in [0.15, 0.2) is 6.61 Å². The standard InChI is InChI=1S/C31H49N7O10/c1-18(2)25(36-19(3)39)27(42)38-22(10-8-13-34-29(32)44)26(41)37-20-11-12-21(28(43)46-7)23(16-20)47-17-24(40)33-14-9-15-35-30(45)48-31(4,5)6/h11-12,16,18,22,25H,8-10,13-15,17H2,1-7H3,(H,33,40)(H,35,45)(H,36,39)(H,37,41)(H,38,42)(H3,32,34,44)/t22-,25-/m0/s1. The SMILES string of the molecule is COC(=O)c1ccc(NC(=O)[C@H](CCCNC(N)=O)NC(=O)[C@@H](NC(C)=O)C(C)C)cc1OCC(=O)NCCCNC(=O)OC(C)(C)C. The van der Waals surface area contributed by atoms with Gasteiger partial charge in [0, 0.05) is 38.3 Å². The van der Waals surface area contributed by atoms with Crippen molar-refractivity contribution in [3.05, 3.63) is 23.8 Å². The highest BCUT2D eigenvalue weighted by Gasteiger charge is 2.28. The summed E-state index contributed by atoms with van der Waals surface area (Å²) in [6.07, 6.45) is 0.215. The number of urea groups is 1. The van der Waals surface area contributed by atoms with E-state index in [4.69, 9.17) is 19.9 Å². The minimum Gasteiger partial charge on any atom is -0.483 e. The van der Waals surface area contributed by atoms with Gasteiger partial charge < -0.3 is 51.8 Å². The van der Waals surface area contributed by atoms with E-state index in [1.807, 2.05) is 0 Å². The summed E-state index contributed by atoms with van der Waals surface area (Å²) >= 11 is 0. The van der Waals surface area contributed by atoms with Gasteiger partial charge in [0.25, 0.3) is 5.91 Å². The first-order valence-electron chi connectivity index (χ1n) is 15.4. The van der Waals surface area contributed by atoms with Crippen LogP contribution in [0.4, 0.5) is 15.3 Å². The van der Waals surface area contributed by atoms with Crippen LogP contribution >= 0.6 is 0 Å². The molecule has 268 valence electrons. The van der Waals surface area contributed by atoms with E-state index in [0.29, 0.717) is 6.42 Å². The number of benzene rings is 1. The second kappa shape index (κ2) is 20.2. The molecule has 7 amide bonds. The Morgan fingerprint density at radius 2 is 1.52 bits per heavy atom. The summed E-state index contributed by atoms with van der Waals surface area (Å²) in [6, 6.07) is 1.33. The maximum atomic E-state index is 13.4. The maximum absolute atomic E-state index is 13.4. The van der Waals surface area contributed by atoms with Gasteiger partial charge in [0.1, 0.15) is 29.0 Å². The molecule has 0 saturated carbocycles. The van der Waals surface area contributed by atoms with Crippen molar-refractivity contribution in [2.75, 3.05) is 38.7 Å². The second-order valence-electron chi connectivity index (χ2n) is 12.0. The van der Waals surface area contributed by atoms with Gasteiger partial charge >= 0.3 is 18.1 Å². The summed E-state index contributed by atoms with van der Waals surface area (Å²) < 4.78 is 15.5. The van der Waals surface area contributed by atoms with Crippen molar-refractivity contribution in [3.8, 4) is 5.75 Å². The molecule has 1 rings (SSSR count). The normalized spacial score (nSPS) is 12.1. The highest BCUT2D eigenvalue weighted by molar-refractivity contribution is 5.99. The zero-order valence-corrected chi connectivity index (χ0v) is 28.6. The van der Waals surface area contributed by atoms with Crippen LogP contribution in [0.15, 0.2) is 18.2 Å². The van der Waals surface area contributed by atoms with E-state index >= 15 is 0 Å². The molecule has 1 aromatic carbocycles. The number of hydrogen-bond acceptors (Lipinski definition) is 10. The molecular formula is C31H49N7O10. The lowest BCUT2D eigenvalue weighted by Gasteiger charge is -2.25. The Balaban J connectivity index is 2.97. The van der Waals surface area contributed by atoms with Crippen molar-refractivity contribution in [1.29, 1.82) is 0 Å². The molecule has 0 spiro atoms. The van der Waals surface area contributed by atoms with Crippen LogP contribution in [0.1, 0.15) is 71.2 Å². The number of ether oxygens (including phenoxy) is 3. The van der Waals surface area contributed by atoms with Crippen LogP contribution in [0, 0.1) is 5.92 Å². The Morgan fingerprint density at radius 3 is 2.10 bits per heavy atom. The van der Waals surface area contributed by atoms with Crippen LogP contribution in [0.5, 0.6) is 5.75 Å². The smallest absolute Gasteiger partial charge is 0.407 e. The Hall–Kier alpha value is -5.09. The Morgan fingerprint density at radius 1 is 0.875 bits per heavy atom. The summed E-state index contributed by atoms with van der Waals surface area (Å²) in [5, 5.41) is 15.5. The van der Waals surface area contributed by atoms with Gasteiger partial charge in [-0.05, 0) is 58.1 Å². The van der Waals surface area contributed by atoms with E-state index in [2.05, 4.69) is 31.9 Å². The second-order valence-corrected chi connectivity index (χ2v) is 12.0. The first-order valence-corrected chi connectivity index (χ1v) is 15.4. The van der Waals surface area contributed by atoms with Crippen LogP contribution < -0.4 is 42.4 Å². The molecule has 0 aromatic heterocycles. The quantitative estimate of drug-likeness (QED) is 0.0854. The molecule has 0 unspecified atom stereocenters. The number of carbonyl (C=O) groups excluding carboxylic acids is 7. The highest BCUT2D eigenvalue weighted by Crippen LogP contribution is 2.25. The third-order valence-electron chi connectivity index (χ3n) is 6.27. The molecule has 8 N–H and O–H groups in total. The molecule has 0 bridgehead atoms. The van der Waals surface area contributed by atoms with E-state index in [1.54, 1.807) is 34.6 Å². The molecule has 0 fully saturated rings. The van der Waals surface area contributed by atoms with Crippen LogP contribution in [-0.4, -0.2) is 92.8 Å². The van der Waals surface area contributed by atoms with E-state index < -0.39 is 66.0 Å². The molecule has 0 aliphatic heterocycles. The summed E-state index contributed by atoms with van der Waals surface area (Å²) in [7, 11) is 1.17. The molecule has 0 radical (unpaired) electrons. The van der Waals surface area contributed by atoms with Gasteiger partial charge in [-0.2, -0.15) is 0 Å². The van der Waals surface area contributed by atoms with E-state index in [9.17, 15) is 33.6 Å². The molecule has 48 heavy (non-hydrogen) atoms. The minimum atomic E-state index is -1.09. The van der Waals surface area contributed by atoms with Crippen molar-refractivity contribution in [3.63, 3.8) is 0 Å². The predicted molar refractivity (Wildman–Crippen MR) is 175 cm³/mol. The number of hydrogen-bond donors (Lipinski definition) is 7. The molecule has 2 atom stereocenters. The molecule has 1 aromatic rings. The first kappa shape index (κ1) is 40.9. The number of amides is 7. The number of carbonyl (C=O) groups is 7. The van der Waals surface area contributed by atoms with Crippen LogP contribution in [-0.2, 0) is 28.7 Å². The van der Waals surface area contributed by atoms with Gasteiger partial charge in [0.2, 0.25) is 17.7 Å². The predicted octanol–water partition coefficient (Wildman–Crippen LogP) is 0.916. The van der Waals surface area contributed by atoms with E-state index in [-0.39, 0.29) is 55.4 Å². The van der Waals surface area contributed by atoms with Crippen molar-refractivity contribution >= 4 is 47.4 Å². The number of esters is 1. The first-order chi connectivity index (χ1) is 22.4. The number of alkyl carbamates (subject to hydrolysis) is 1. The van der Waals surface area contributed by atoms with Crippen molar-refractivity contribution < 1.29 is 47.8 Å². The van der Waals surface area contributed by atoms with Crippen LogP contribution in [0.25, 0.3) is 0 Å². The number of anilines is 1. The molecule has 17 heteroatoms. The van der Waals surface area contributed by atoms with Gasteiger partial charge in [-0.25, -0.2) is 14.4 Å². The molecule has 17 nitrogen and oxygen atoms in total. The van der Waals surface area contributed by atoms with E-state index in [1.165, 1.54) is 32.2 Å². The monoisotopic (exact) mass is 679 g/mol. The van der Waals surface area contributed by atoms with Gasteiger partial charge in [0.05, 0.1) is 7.11 Å². The molecule has 0 aliphatic rings. The van der Waals surface area contributed by atoms with Crippen LogP contribution in [0.2, 0.25) is 0 Å². The molecular weight excluding hydrogens is 630 g/mol. The van der Waals surface area contributed by atoms with Gasteiger partial charge in [-0.15, -0.1) is 0 Å². The third-order valence-corrected chi connectivity index (χ3v) is 6.27. The summed E-state index contributed by atoms with van der Waals surface area (Å²) in [6.45, 7) is 10.1. The zero-order chi connectivity index (χ0) is 36.4. The number of rotatable bonds is 18. The van der Waals surface area contributed by atoms with Crippen LogP contribution in [0.3, 0.4) is 0 Å². The lowest BCUT2D eigenvalue weighted by atomic mass is 10.0. The lowest BCUT2D eigenvalue weighted by Crippen LogP contribution is -2.54. The molecule has 0 aliphatic carbocycles. The van der Waals surface area contributed by atoms with E-state index in [0.717, 1.165) is 0 Å². The minimum absolute atomic E-state index is 0.0117. The number of nitrogens with two attached hydrogens (primary N) is 1. The average molecular weight is 680 g/mol. The molecule has 0 heterocycles. The third kappa shape index (κ3) is 16.5.